The van der Waals surface area contributed by atoms with E-state index in [1.54, 1.807) is 25.3 Å². The Balaban J connectivity index is 1.52. The highest BCUT2D eigenvalue weighted by Gasteiger charge is 2.25. The third-order valence-corrected chi connectivity index (χ3v) is 4.82. The molecule has 1 aromatic heterocycles. The topological polar surface area (TPSA) is 57.5 Å². The van der Waals surface area contributed by atoms with Crippen molar-refractivity contribution in [1.82, 2.24) is 0 Å². The SMILES string of the molecule is COC(=O)c1ccc(C[NH+]2CC[NH+](Cc3cc(F)ccc3OC)CC2)o1. The maximum Gasteiger partial charge on any atom is 0.373 e. The van der Waals surface area contributed by atoms with E-state index in [0.29, 0.717) is 0 Å². The first-order valence-corrected chi connectivity index (χ1v) is 8.75. The number of halogens is 1. The summed E-state index contributed by atoms with van der Waals surface area (Å²) in [4.78, 5) is 14.3. The van der Waals surface area contributed by atoms with Crippen LogP contribution < -0.4 is 14.5 Å². The average molecular weight is 364 g/mol. The lowest BCUT2D eigenvalue weighted by atomic mass is 10.1. The zero-order valence-electron chi connectivity index (χ0n) is 15.1. The maximum atomic E-state index is 13.5. The second-order valence-electron chi connectivity index (χ2n) is 6.57. The zero-order valence-corrected chi connectivity index (χ0v) is 15.1. The van der Waals surface area contributed by atoms with Crippen LogP contribution in [0.15, 0.2) is 34.7 Å². The number of ether oxygens (including phenoxy) is 2. The summed E-state index contributed by atoms with van der Waals surface area (Å²) in [5.41, 5.74) is 0.903. The van der Waals surface area contributed by atoms with Crippen LogP contribution >= 0.6 is 0 Å². The van der Waals surface area contributed by atoms with E-state index in [1.807, 2.05) is 6.07 Å². The quantitative estimate of drug-likeness (QED) is 0.691. The summed E-state index contributed by atoms with van der Waals surface area (Å²) in [5.74, 6) is 1.08. The van der Waals surface area contributed by atoms with Crippen LogP contribution in [0.25, 0.3) is 0 Å². The van der Waals surface area contributed by atoms with E-state index in [4.69, 9.17) is 9.15 Å². The second-order valence-corrected chi connectivity index (χ2v) is 6.57. The molecule has 0 radical (unpaired) electrons. The van der Waals surface area contributed by atoms with Gasteiger partial charge in [-0.3, -0.25) is 0 Å². The lowest BCUT2D eigenvalue weighted by Crippen LogP contribution is -3.27. The molecule has 1 saturated heterocycles. The van der Waals surface area contributed by atoms with Gasteiger partial charge in [0.05, 0.1) is 19.8 Å². The number of piperazine rings is 1. The molecule has 0 atom stereocenters. The Morgan fingerprint density at radius 1 is 1.08 bits per heavy atom. The van der Waals surface area contributed by atoms with Gasteiger partial charge in [0.2, 0.25) is 5.76 Å². The van der Waals surface area contributed by atoms with Crippen molar-refractivity contribution in [2.75, 3.05) is 40.4 Å². The molecule has 7 heteroatoms. The molecule has 0 amide bonds. The van der Waals surface area contributed by atoms with Crippen molar-refractivity contribution in [3.63, 3.8) is 0 Å². The van der Waals surface area contributed by atoms with Gasteiger partial charge in [-0.1, -0.05) is 0 Å². The number of hydrogen-bond acceptors (Lipinski definition) is 4. The smallest absolute Gasteiger partial charge is 0.373 e. The van der Waals surface area contributed by atoms with E-state index in [0.717, 1.165) is 56.3 Å². The van der Waals surface area contributed by atoms with Gasteiger partial charge >= 0.3 is 5.97 Å². The van der Waals surface area contributed by atoms with Crippen LogP contribution in [0.3, 0.4) is 0 Å². The molecule has 6 nitrogen and oxygen atoms in total. The van der Waals surface area contributed by atoms with Gasteiger partial charge in [-0.15, -0.1) is 0 Å². The van der Waals surface area contributed by atoms with Crippen LogP contribution in [-0.2, 0) is 17.8 Å². The van der Waals surface area contributed by atoms with E-state index < -0.39 is 5.97 Å². The van der Waals surface area contributed by atoms with E-state index in [-0.39, 0.29) is 11.6 Å². The van der Waals surface area contributed by atoms with Crippen LogP contribution in [-0.4, -0.2) is 46.4 Å². The van der Waals surface area contributed by atoms with Gasteiger partial charge in [0, 0.05) is 0 Å². The largest absolute Gasteiger partial charge is 0.496 e. The molecule has 0 bridgehead atoms. The summed E-state index contributed by atoms with van der Waals surface area (Å²) in [6, 6.07) is 8.14. The number of carbonyl (C=O) groups is 1. The van der Waals surface area contributed by atoms with E-state index in [2.05, 4.69) is 4.74 Å². The van der Waals surface area contributed by atoms with Crippen molar-refractivity contribution in [1.29, 1.82) is 0 Å². The van der Waals surface area contributed by atoms with Gasteiger partial charge in [-0.25, -0.2) is 9.18 Å². The first-order valence-electron chi connectivity index (χ1n) is 8.75. The predicted molar refractivity (Wildman–Crippen MR) is 91.8 cm³/mol. The number of quaternary nitrogens is 2. The van der Waals surface area contributed by atoms with Crippen molar-refractivity contribution in [2.45, 2.75) is 13.1 Å². The molecular weight excluding hydrogens is 339 g/mol. The second kappa shape index (κ2) is 8.33. The fourth-order valence-electron chi connectivity index (χ4n) is 3.39. The minimum Gasteiger partial charge on any atom is -0.496 e. The molecular formula is C19H25FN2O4+2. The molecule has 0 aliphatic carbocycles. The third-order valence-electron chi connectivity index (χ3n) is 4.82. The average Bonchev–Trinajstić information content (AvgIpc) is 3.11. The summed E-state index contributed by atoms with van der Waals surface area (Å²) in [6.45, 7) is 5.44. The van der Waals surface area contributed by atoms with Crippen molar-refractivity contribution in [3.8, 4) is 5.75 Å². The van der Waals surface area contributed by atoms with Crippen LogP contribution in [0.5, 0.6) is 5.75 Å². The van der Waals surface area contributed by atoms with Gasteiger partial charge in [-0.2, -0.15) is 0 Å². The number of furan rings is 1. The van der Waals surface area contributed by atoms with Crippen LogP contribution in [0.1, 0.15) is 21.9 Å². The van der Waals surface area contributed by atoms with Crippen LogP contribution in [0.2, 0.25) is 0 Å². The number of methoxy groups -OCH3 is 2. The summed E-state index contributed by atoms with van der Waals surface area (Å²) in [7, 11) is 2.95. The van der Waals surface area contributed by atoms with Gasteiger partial charge in [0.1, 0.15) is 50.8 Å². The highest BCUT2D eigenvalue weighted by molar-refractivity contribution is 5.86. The van der Waals surface area contributed by atoms with Crippen molar-refractivity contribution < 1.29 is 32.9 Å². The van der Waals surface area contributed by atoms with E-state index >= 15 is 0 Å². The summed E-state index contributed by atoms with van der Waals surface area (Å²) in [6.07, 6.45) is 0. The van der Waals surface area contributed by atoms with Gasteiger partial charge < -0.3 is 23.7 Å². The number of esters is 1. The summed E-state index contributed by atoms with van der Waals surface area (Å²) >= 11 is 0. The minimum atomic E-state index is -0.454. The Labute approximate surface area is 152 Å². The number of rotatable bonds is 6. The Morgan fingerprint density at radius 3 is 2.42 bits per heavy atom. The highest BCUT2D eigenvalue weighted by Crippen LogP contribution is 2.18. The van der Waals surface area contributed by atoms with Gasteiger partial charge in [-0.05, 0) is 30.3 Å². The lowest BCUT2D eigenvalue weighted by Gasteiger charge is -2.29. The van der Waals surface area contributed by atoms with Crippen LogP contribution in [0, 0.1) is 5.82 Å². The Morgan fingerprint density at radius 2 is 1.77 bits per heavy atom. The van der Waals surface area contributed by atoms with E-state index in [1.165, 1.54) is 23.0 Å². The fraction of sp³-hybridized carbons (Fsp3) is 0.421. The first-order chi connectivity index (χ1) is 12.6. The zero-order chi connectivity index (χ0) is 18.5. The molecule has 1 fully saturated rings. The van der Waals surface area contributed by atoms with Crippen molar-refractivity contribution >= 4 is 5.97 Å². The van der Waals surface area contributed by atoms with E-state index in [9.17, 15) is 9.18 Å². The molecule has 3 rings (SSSR count). The van der Waals surface area contributed by atoms with Gasteiger partial charge in [0.25, 0.3) is 0 Å². The third kappa shape index (κ3) is 4.42. The molecule has 2 aromatic rings. The molecule has 1 aliphatic rings. The lowest BCUT2D eigenvalue weighted by molar-refractivity contribution is -1.02. The molecule has 140 valence electrons. The number of carbonyl (C=O) groups excluding carboxylic acids is 1. The normalized spacial score (nSPS) is 20.0. The molecule has 2 N–H and O–H groups in total. The number of hydrogen-bond donors (Lipinski definition) is 2. The highest BCUT2D eigenvalue weighted by atomic mass is 19.1. The maximum absolute atomic E-state index is 13.5. The predicted octanol–water partition coefficient (Wildman–Crippen LogP) is -0.302. The van der Waals surface area contributed by atoms with Gasteiger partial charge in [0.15, 0.2) is 5.76 Å². The Kier molecular flexibility index (Phi) is 5.90. The first kappa shape index (κ1) is 18.4. The summed E-state index contributed by atoms with van der Waals surface area (Å²) in [5, 5.41) is 0. The monoisotopic (exact) mass is 364 g/mol. The standard InChI is InChI=1S/C19H23FN2O4/c1-24-17-5-3-15(20)11-14(17)12-21-7-9-22(10-8-21)13-16-4-6-18(26-16)19(23)25-2/h3-6,11H,7-10,12-13H2,1-2H3/p+2. The molecule has 2 heterocycles. The Hall–Kier alpha value is -2.38. The van der Waals surface area contributed by atoms with Crippen molar-refractivity contribution in [3.05, 3.63) is 53.2 Å². The Bertz CT molecular complexity index is 754. The molecule has 1 aliphatic heterocycles. The number of nitrogens with one attached hydrogen (secondary N) is 2. The molecule has 0 saturated carbocycles. The minimum absolute atomic E-state index is 0.233. The van der Waals surface area contributed by atoms with Crippen molar-refractivity contribution in [2.24, 2.45) is 0 Å². The molecule has 0 unspecified atom stereocenters. The molecule has 0 spiro atoms. The summed E-state index contributed by atoms with van der Waals surface area (Å²) < 4.78 is 29.1. The molecule has 26 heavy (non-hydrogen) atoms. The van der Waals surface area contributed by atoms with Crippen LogP contribution in [0.4, 0.5) is 4.39 Å². The number of benzene rings is 1. The molecule has 1 aromatic carbocycles. The fourth-order valence-corrected chi connectivity index (χ4v) is 3.39.